The Kier molecular flexibility index (Phi) is 8.08. The molecule has 1 amide bonds. The van der Waals surface area contributed by atoms with E-state index in [0.29, 0.717) is 10.9 Å². The van der Waals surface area contributed by atoms with Crippen molar-refractivity contribution in [3.05, 3.63) is 89.5 Å². The van der Waals surface area contributed by atoms with Crippen molar-refractivity contribution in [3.8, 4) is 22.8 Å². The molecule has 1 heterocycles. The molecule has 190 valence electrons. The summed E-state index contributed by atoms with van der Waals surface area (Å²) in [6.45, 7) is 8.62. The molecule has 0 spiro atoms. The maximum Gasteiger partial charge on any atom is 0.250 e. The van der Waals surface area contributed by atoms with E-state index < -0.39 is 0 Å². The first kappa shape index (κ1) is 26.2. The number of benzene rings is 3. The van der Waals surface area contributed by atoms with Crippen molar-refractivity contribution in [2.75, 3.05) is 12.9 Å². The molecule has 37 heavy (non-hydrogen) atoms. The molecule has 7 nitrogen and oxygen atoms in total. The lowest BCUT2D eigenvalue weighted by atomic mass is 9.87. The van der Waals surface area contributed by atoms with Gasteiger partial charge >= 0.3 is 0 Å². The summed E-state index contributed by atoms with van der Waals surface area (Å²) in [5.74, 6) is 1.30. The fraction of sp³-hybridized carbons (Fsp3) is 0.241. The number of carbonyl (C=O) groups is 1. The SMILES string of the molecule is COc1ccccc1C=NNC(=O)CSc1nnc(-c2ccc(C(C)(C)C)cc2)n1-c1ccc(C)cc1. The van der Waals surface area contributed by atoms with E-state index in [1.165, 1.54) is 17.3 Å². The summed E-state index contributed by atoms with van der Waals surface area (Å²) < 4.78 is 7.29. The van der Waals surface area contributed by atoms with E-state index >= 15 is 0 Å². The van der Waals surface area contributed by atoms with Crippen LogP contribution in [0, 0.1) is 6.92 Å². The first-order chi connectivity index (χ1) is 17.8. The van der Waals surface area contributed by atoms with Crippen molar-refractivity contribution in [1.82, 2.24) is 20.2 Å². The van der Waals surface area contributed by atoms with Crippen molar-refractivity contribution in [1.29, 1.82) is 0 Å². The van der Waals surface area contributed by atoms with Gasteiger partial charge in [0, 0.05) is 16.8 Å². The van der Waals surface area contributed by atoms with Gasteiger partial charge in [-0.25, -0.2) is 5.43 Å². The number of carbonyl (C=O) groups excluding carboxylic acids is 1. The zero-order valence-electron chi connectivity index (χ0n) is 21.7. The van der Waals surface area contributed by atoms with Crippen molar-refractivity contribution in [2.24, 2.45) is 5.10 Å². The highest BCUT2D eigenvalue weighted by atomic mass is 32.2. The second kappa shape index (κ2) is 11.4. The van der Waals surface area contributed by atoms with E-state index in [0.717, 1.165) is 28.2 Å². The summed E-state index contributed by atoms with van der Waals surface area (Å²) in [7, 11) is 1.60. The van der Waals surface area contributed by atoms with E-state index in [1.54, 1.807) is 13.3 Å². The minimum atomic E-state index is -0.245. The third-order valence-electron chi connectivity index (χ3n) is 5.80. The molecule has 0 saturated carbocycles. The Morgan fingerprint density at radius 1 is 1.03 bits per heavy atom. The molecule has 0 bridgehead atoms. The molecule has 0 fully saturated rings. The summed E-state index contributed by atoms with van der Waals surface area (Å²) in [6.07, 6.45) is 1.57. The van der Waals surface area contributed by atoms with Crippen LogP contribution in [0.1, 0.15) is 37.5 Å². The van der Waals surface area contributed by atoms with E-state index in [9.17, 15) is 4.79 Å². The molecule has 0 unspecified atom stereocenters. The number of para-hydroxylation sites is 1. The first-order valence-electron chi connectivity index (χ1n) is 12.0. The maximum absolute atomic E-state index is 12.5. The van der Waals surface area contributed by atoms with Crippen LogP contribution < -0.4 is 10.2 Å². The average molecular weight is 514 g/mol. The van der Waals surface area contributed by atoms with Crippen LogP contribution in [0.15, 0.2) is 83.1 Å². The van der Waals surface area contributed by atoms with Gasteiger partial charge < -0.3 is 4.74 Å². The zero-order chi connectivity index (χ0) is 26.4. The fourth-order valence-electron chi connectivity index (χ4n) is 3.71. The highest BCUT2D eigenvalue weighted by Gasteiger charge is 2.19. The standard InChI is InChI=1S/C29H31N5O2S/c1-20-10-16-24(17-11-20)34-27(21-12-14-23(15-13-21)29(2,3)4)32-33-28(34)37-19-26(35)31-30-18-22-8-6-7-9-25(22)36-5/h6-18H,19H2,1-5H3,(H,31,35). The lowest BCUT2D eigenvalue weighted by Gasteiger charge is -2.19. The highest BCUT2D eigenvalue weighted by molar-refractivity contribution is 7.99. The molecular weight excluding hydrogens is 482 g/mol. The second-order valence-electron chi connectivity index (χ2n) is 9.63. The smallest absolute Gasteiger partial charge is 0.250 e. The van der Waals surface area contributed by atoms with Crippen LogP contribution in [0.3, 0.4) is 0 Å². The van der Waals surface area contributed by atoms with Crippen molar-refractivity contribution < 1.29 is 9.53 Å². The lowest BCUT2D eigenvalue weighted by Crippen LogP contribution is -2.20. The van der Waals surface area contributed by atoms with E-state index in [-0.39, 0.29) is 17.1 Å². The Morgan fingerprint density at radius 2 is 1.73 bits per heavy atom. The molecule has 8 heteroatoms. The van der Waals surface area contributed by atoms with Crippen LogP contribution in [-0.2, 0) is 10.2 Å². The summed E-state index contributed by atoms with van der Waals surface area (Å²) >= 11 is 1.31. The highest BCUT2D eigenvalue weighted by Crippen LogP contribution is 2.30. The molecule has 1 aromatic heterocycles. The Bertz CT molecular complexity index is 1390. The summed E-state index contributed by atoms with van der Waals surface area (Å²) in [4.78, 5) is 12.5. The number of hydrogen-bond acceptors (Lipinski definition) is 6. The van der Waals surface area contributed by atoms with Crippen LogP contribution in [0.4, 0.5) is 0 Å². The van der Waals surface area contributed by atoms with Gasteiger partial charge in [0.2, 0.25) is 0 Å². The molecule has 4 rings (SSSR count). The summed E-state index contributed by atoms with van der Waals surface area (Å²) in [6, 6.07) is 24.0. The van der Waals surface area contributed by atoms with Gasteiger partial charge in [-0.05, 0) is 42.2 Å². The number of thioether (sulfide) groups is 1. The number of aromatic nitrogens is 3. The molecule has 0 aliphatic heterocycles. The number of nitrogens with one attached hydrogen (secondary N) is 1. The molecule has 4 aromatic rings. The van der Waals surface area contributed by atoms with Crippen molar-refractivity contribution in [2.45, 2.75) is 38.3 Å². The van der Waals surface area contributed by atoms with Gasteiger partial charge in [-0.1, -0.05) is 86.6 Å². The number of nitrogens with zero attached hydrogens (tertiary/aromatic N) is 4. The number of amides is 1. The Balaban J connectivity index is 1.54. The molecule has 3 aromatic carbocycles. The first-order valence-corrected chi connectivity index (χ1v) is 13.0. The second-order valence-corrected chi connectivity index (χ2v) is 10.6. The van der Waals surface area contributed by atoms with Gasteiger partial charge in [0.05, 0.1) is 19.1 Å². The van der Waals surface area contributed by atoms with Crippen molar-refractivity contribution >= 4 is 23.9 Å². The normalized spacial score (nSPS) is 11.6. The predicted molar refractivity (Wildman–Crippen MR) is 150 cm³/mol. The predicted octanol–water partition coefficient (Wildman–Crippen LogP) is 5.79. The summed E-state index contributed by atoms with van der Waals surface area (Å²) in [5, 5.41) is 13.6. The third kappa shape index (κ3) is 6.46. The number of ether oxygens (including phenoxy) is 1. The summed E-state index contributed by atoms with van der Waals surface area (Å²) in [5.41, 5.74) is 7.71. The van der Waals surface area contributed by atoms with Gasteiger partial charge in [-0.3, -0.25) is 9.36 Å². The lowest BCUT2D eigenvalue weighted by molar-refractivity contribution is -0.118. The topological polar surface area (TPSA) is 81.4 Å². The maximum atomic E-state index is 12.5. The number of aryl methyl sites for hydroxylation is 1. The zero-order valence-corrected chi connectivity index (χ0v) is 22.5. The van der Waals surface area contributed by atoms with Crippen LogP contribution in [-0.4, -0.2) is 39.7 Å². The van der Waals surface area contributed by atoms with Gasteiger partial charge in [0.15, 0.2) is 11.0 Å². The number of rotatable bonds is 8. The van der Waals surface area contributed by atoms with Crippen LogP contribution >= 0.6 is 11.8 Å². The van der Waals surface area contributed by atoms with Gasteiger partial charge in [-0.2, -0.15) is 5.10 Å². The molecule has 1 N–H and O–H groups in total. The fourth-order valence-corrected chi connectivity index (χ4v) is 4.45. The minimum absolute atomic E-state index is 0.0612. The molecule has 0 atom stereocenters. The third-order valence-corrected chi connectivity index (χ3v) is 6.73. The van der Waals surface area contributed by atoms with Crippen LogP contribution in [0.5, 0.6) is 5.75 Å². The van der Waals surface area contributed by atoms with E-state index in [1.807, 2.05) is 47.9 Å². The van der Waals surface area contributed by atoms with E-state index in [4.69, 9.17) is 4.74 Å². The van der Waals surface area contributed by atoms with Gasteiger partial charge in [0.1, 0.15) is 5.75 Å². The monoisotopic (exact) mass is 513 g/mol. The Hall–Kier alpha value is -3.91. The van der Waals surface area contributed by atoms with Crippen molar-refractivity contribution in [3.63, 3.8) is 0 Å². The number of hydrazone groups is 1. The molecule has 0 radical (unpaired) electrons. The van der Waals surface area contributed by atoms with Crippen LogP contribution in [0.25, 0.3) is 17.1 Å². The number of methoxy groups -OCH3 is 1. The minimum Gasteiger partial charge on any atom is -0.496 e. The molecule has 0 saturated heterocycles. The van der Waals surface area contributed by atoms with E-state index in [2.05, 4.69) is 77.9 Å². The largest absolute Gasteiger partial charge is 0.496 e. The molecule has 0 aliphatic carbocycles. The Morgan fingerprint density at radius 3 is 2.41 bits per heavy atom. The molecular formula is C29H31N5O2S. The quantitative estimate of drug-likeness (QED) is 0.183. The Labute approximate surface area is 222 Å². The van der Waals surface area contributed by atoms with Crippen LogP contribution in [0.2, 0.25) is 0 Å². The van der Waals surface area contributed by atoms with Gasteiger partial charge in [0.25, 0.3) is 5.91 Å². The van der Waals surface area contributed by atoms with Gasteiger partial charge in [-0.15, -0.1) is 10.2 Å². The average Bonchev–Trinajstić information content (AvgIpc) is 3.32. The molecule has 0 aliphatic rings. The number of hydrogen-bond donors (Lipinski definition) is 1.